The molecule has 0 spiro atoms. The number of rotatable bonds is 7. The Bertz CT molecular complexity index is 370. The quantitative estimate of drug-likeness (QED) is 0.811. The monoisotopic (exact) mass is 254 g/mol. The van der Waals surface area contributed by atoms with Crippen molar-refractivity contribution in [2.75, 3.05) is 7.11 Å². The molecule has 0 aliphatic rings. The van der Waals surface area contributed by atoms with Crippen molar-refractivity contribution in [1.29, 1.82) is 0 Å². The third kappa shape index (κ3) is 3.12. The highest BCUT2D eigenvalue weighted by atomic mass is 16.5. The predicted octanol–water partition coefficient (Wildman–Crippen LogP) is 2.18. The zero-order chi connectivity index (χ0) is 13.8. The Morgan fingerprint density at radius 2 is 2.11 bits per heavy atom. The van der Waals surface area contributed by atoms with E-state index in [1.165, 1.54) is 0 Å². The highest BCUT2D eigenvalue weighted by Crippen LogP contribution is 2.22. The molecule has 4 nitrogen and oxygen atoms in total. The summed E-state index contributed by atoms with van der Waals surface area (Å²) in [5.41, 5.74) is 1.67. The first kappa shape index (κ1) is 15.2. The van der Waals surface area contributed by atoms with Crippen LogP contribution in [0.3, 0.4) is 0 Å². The second-order valence-corrected chi connectivity index (χ2v) is 4.89. The van der Waals surface area contributed by atoms with Crippen LogP contribution in [0.25, 0.3) is 0 Å². The summed E-state index contributed by atoms with van der Waals surface area (Å²) < 4.78 is 7.41. The molecule has 1 rings (SSSR count). The van der Waals surface area contributed by atoms with E-state index in [-0.39, 0.29) is 0 Å². The molecular weight excluding hydrogens is 228 g/mol. The summed E-state index contributed by atoms with van der Waals surface area (Å²) in [5.74, 6) is 0. The number of aryl methyl sites for hydroxylation is 2. The number of aliphatic hydroxyl groups is 1. The zero-order valence-electron chi connectivity index (χ0n) is 12.2. The minimum absolute atomic E-state index is 0.491. The van der Waals surface area contributed by atoms with Crippen LogP contribution < -0.4 is 0 Å². The van der Waals surface area contributed by atoms with Gasteiger partial charge < -0.3 is 9.84 Å². The molecule has 1 N–H and O–H groups in total. The zero-order valence-corrected chi connectivity index (χ0v) is 12.2. The first-order valence-corrected chi connectivity index (χ1v) is 6.79. The molecule has 1 aromatic rings. The lowest BCUT2D eigenvalue weighted by atomic mass is 9.92. The number of aromatic nitrogens is 2. The summed E-state index contributed by atoms with van der Waals surface area (Å²) in [4.78, 5) is 0. The smallest absolute Gasteiger partial charge is 0.0909 e. The van der Waals surface area contributed by atoms with Gasteiger partial charge >= 0.3 is 0 Å². The van der Waals surface area contributed by atoms with Gasteiger partial charge in [0, 0.05) is 25.8 Å². The summed E-state index contributed by atoms with van der Waals surface area (Å²) in [6.45, 7) is 8.97. The summed E-state index contributed by atoms with van der Waals surface area (Å²) in [6.07, 6.45) is 1.77. The van der Waals surface area contributed by atoms with Gasteiger partial charge in [0.15, 0.2) is 0 Å². The first-order chi connectivity index (χ1) is 8.50. The number of nitrogens with zero attached hydrogens (tertiary/aromatic N) is 2. The predicted molar refractivity (Wildman–Crippen MR) is 72.7 cm³/mol. The van der Waals surface area contributed by atoms with E-state index < -0.39 is 11.7 Å². The van der Waals surface area contributed by atoms with Gasteiger partial charge in [0.05, 0.1) is 17.4 Å². The van der Waals surface area contributed by atoms with Gasteiger partial charge in [-0.15, -0.1) is 0 Å². The lowest BCUT2D eigenvalue weighted by Gasteiger charge is -2.32. The molecule has 1 heterocycles. The Labute approximate surface area is 110 Å². The standard InChI is InChI=1S/C14H26N2O2/c1-6-11-9-12(16(8-3)15-11)10-13(17)14(4,7-2)18-5/h9,13,17H,6-8,10H2,1-5H3. The average molecular weight is 254 g/mol. The molecule has 0 saturated heterocycles. The van der Waals surface area contributed by atoms with Gasteiger partial charge in [-0.05, 0) is 32.8 Å². The molecule has 18 heavy (non-hydrogen) atoms. The molecule has 0 radical (unpaired) electrons. The van der Waals surface area contributed by atoms with E-state index in [0.29, 0.717) is 6.42 Å². The van der Waals surface area contributed by atoms with Crippen LogP contribution in [-0.4, -0.2) is 33.7 Å². The molecule has 0 fully saturated rings. The molecule has 0 bridgehead atoms. The van der Waals surface area contributed by atoms with Gasteiger partial charge in [-0.3, -0.25) is 4.68 Å². The molecule has 2 unspecified atom stereocenters. The maximum atomic E-state index is 10.4. The van der Waals surface area contributed by atoms with E-state index in [9.17, 15) is 5.11 Å². The molecule has 1 aromatic heterocycles. The molecule has 4 heteroatoms. The molecule has 0 aromatic carbocycles. The number of hydrogen-bond donors (Lipinski definition) is 1. The van der Waals surface area contributed by atoms with E-state index in [4.69, 9.17) is 4.74 Å². The van der Waals surface area contributed by atoms with Gasteiger partial charge in [-0.2, -0.15) is 5.10 Å². The maximum absolute atomic E-state index is 10.4. The first-order valence-electron chi connectivity index (χ1n) is 6.79. The third-order valence-corrected chi connectivity index (χ3v) is 3.85. The summed E-state index contributed by atoms with van der Waals surface area (Å²) >= 11 is 0. The average Bonchev–Trinajstić information content (AvgIpc) is 2.79. The molecule has 2 atom stereocenters. The highest BCUT2D eigenvalue weighted by Gasteiger charge is 2.31. The second kappa shape index (κ2) is 6.34. The van der Waals surface area contributed by atoms with Gasteiger partial charge in [0.2, 0.25) is 0 Å². The summed E-state index contributed by atoms with van der Waals surface area (Å²) in [7, 11) is 1.65. The van der Waals surface area contributed by atoms with Crippen molar-refractivity contribution < 1.29 is 9.84 Å². The van der Waals surface area contributed by atoms with Crippen LogP contribution in [0, 0.1) is 0 Å². The van der Waals surface area contributed by atoms with Gasteiger partial charge in [-0.1, -0.05) is 13.8 Å². The van der Waals surface area contributed by atoms with Crippen LogP contribution >= 0.6 is 0 Å². The Balaban J connectivity index is 2.86. The van der Waals surface area contributed by atoms with Crippen molar-refractivity contribution in [3.8, 4) is 0 Å². The highest BCUT2D eigenvalue weighted by molar-refractivity contribution is 5.12. The second-order valence-electron chi connectivity index (χ2n) is 4.89. The molecule has 0 aliphatic heterocycles. The number of aliphatic hydroxyl groups excluding tert-OH is 1. The number of hydrogen-bond acceptors (Lipinski definition) is 3. The number of methoxy groups -OCH3 is 1. The van der Waals surface area contributed by atoms with Crippen LogP contribution in [0.1, 0.15) is 45.5 Å². The van der Waals surface area contributed by atoms with E-state index in [1.54, 1.807) is 7.11 Å². The van der Waals surface area contributed by atoms with E-state index in [1.807, 2.05) is 18.5 Å². The fraction of sp³-hybridized carbons (Fsp3) is 0.786. The number of ether oxygens (including phenoxy) is 1. The van der Waals surface area contributed by atoms with Crippen molar-refractivity contribution in [1.82, 2.24) is 9.78 Å². The normalized spacial score (nSPS) is 16.6. The molecule has 0 amide bonds. The SMILES string of the molecule is CCc1cc(CC(O)C(C)(CC)OC)n(CC)n1. The Kier molecular flexibility index (Phi) is 5.35. The van der Waals surface area contributed by atoms with E-state index >= 15 is 0 Å². The van der Waals surface area contributed by atoms with Gasteiger partial charge in [0.1, 0.15) is 0 Å². The van der Waals surface area contributed by atoms with Crippen molar-refractivity contribution in [2.24, 2.45) is 0 Å². The molecule has 0 saturated carbocycles. The van der Waals surface area contributed by atoms with Crippen LogP contribution in [0.4, 0.5) is 0 Å². The van der Waals surface area contributed by atoms with Gasteiger partial charge in [0.25, 0.3) is 0 Å². The third-order valence-electron chi connectivity index (χ3n) is 3.85. The topological polar surface area (TPSA) is 47.3 Å². The van der Waals surface area contributed by atoms with Crippen LogP contribution in [0.5, 0.6) is 0 Å². The fourth-order valence-electron chi connectivity index (χ4n) is 2.06. The molecular formula is C14H26N2O2. The molecule has 0 aliphatic carbocycles. The van der Waals surface area contributed by atoms with Gasteiger partial charge in [-0.25, -0.2) is 0 Å². The van der Waals surface area contributed by atoms with E-state index in [0.717, 1.165) is 30.8 Å². The van der Waals surface area contributed by atoms with Crippen molar-refractivity contribution in [3.63, 3.8) is 0 Å². The van der Waals surface area contributed by atoms with Crippen molar-refractivity contribution in [2.45, 2.75) is 65.2 Å². The Morgan fingerprint density at radius 1 is 1.44 bits per heavy atom. The van der Waals surface area contributed by atoms with Crippen LogP contribution in [-0.2, 0) is 24.1 Å². The Hall–Kier alpha value is -0.870. The maximum Gasteiger partial charge on any atom is 0.0909 e. The summed E-state index contributed by atoms with van der Waals surface area (Å²) in [5, 5.41) is 14.9. The fourth-order valence-corrected chi connectivity index (χ4v) is 2.06. The minimum atomic E-state index is -0.515. The van der Waals surface area contributed by atoms with Crippen molar-refractivity contribution >= 4 is 0 Å². The Morgan fingerprint density at radius 3 is 2.56 bits per heavy atom. The van der Waals surface area contributed by atoms with Crippen LogP contribution in [0.2, 0.25) is 0 Å². The lowest BCUT2D eigenvalue weighted by molar-refractivity contribution is -0.0920. The minimum Gasteiger partial charge on any atom is -0.390 e. The largest absolute Gasteiger partial charge is 0.390 e. The lowest BCUT2D eigenvalue weighted by Crippen LogP contribution is -2.42. The van der Waals surface area contributed by atoms with Crippen molar-refractivity contribution in [3.05, 3.63) is 17.5 Å². The summed E-state index contributed by atoms with van der Waals surface area (Å²) in [6, 6.07) is 2.08. The van der Waals surface area contributed by atoms with E-state index in [2.05, 4.69) is 25.0 Å². The van der Waals surface area contributed by atoms with Crippen LogP contribution in [0.15, 0.2) is 6.07 Å². The molecule has 104 valence electrons.